The van der Waals surface area contributed by atoms with Crippen LogP contribution in [0.3, 0.4) is 0 Å². The van der Waals surface area contributed by atoms with Crippen molar-refractivity contribution < 1.29 is 19.4 Å². The molecule has 2 atom stereocenters. The lowest BCUT2D eigenvalue weighted by Gasteiger charge is -2.21. The number of carboxylic acids is 1. The van der Waals surface area contributed by atoms with Gasteiger partial charge in [0.2, 0.25) is 0 Å². The number of carboxylic acid groups (broad SMARTS) is 1. The molecule has 4 rings (SSSR count). The van der Waals surface area contributed by atoms with Crippen molar-refractivity contribution in [2.75, 3.05) is 6.61 Å². The van der Waals surface area contributed by atoms with Crippen LogP contribution in [0, 0.1) is 5.92 Å². The van der Waals surface area contributed by atoms with E-state index in [9.17, 15) is 14.7 Å². The SMILES string of the molecule is N[C@@H](Cc1ccc(Cl)c(Cl)c1)[C@H](C(=O)O)C(=O)OCC1c2ccccc2-c2ccccc21. The molecule has 0 saturated heterocycles. The number of benzene rings is 3. The molecule has 0 amide bonds. The lowest BCUT2D eigenvalue weighted by Crippen LogP contribution is -2.43. The van der Waals surface area contributed by atoms with Crippen molar-refractivity contribution in [3.63, 3.8) is 0 Å². The molecule has 5 nitrogen and oxygen atoms in total. The van der Waals surface area contributed by atoms with Crippen molar-refractivity contribution in [1.29, 1.82) is 0 Å². The van der Waals surface area contributed by atoms with E-state index in [1.165, 1.54) is 0 Å². The molecule has 0 heterocycles. The number of nitrogens with two attached hydrogens (primary N) is 1. The highest BCUT2D eigenvalue weighted by Crippen LogP contribution is 2.44. The van der Waals surface area contributed by atoms with Crippen LogP contribution < -0.4 is 5.73 Å². The first-order chi connectivity index (χ1) is 15.4. The summed E-state index contributed by atoms with van der Waals surface area (Å²) in [4.78, 5) is 24.6. The average molecular weight is 470 g/mol. The minimum Gasteiger partial charge on any atom is -0.481 e. The molecule has 0 fully saturated rings. The molecule has 3 aromatic rings. The lowest BCUT2D eigenvalue weighted by atomic mass is 9.94. The maximum Gasteiger partial charge on any atom is 0.321 e. The molecule has 164 valence electrons. The zero-order valence-electron chi connectivity index (χ0n) is 17.0. The first-order valence-corrected chi connectivity index (χ1v) is 10.9. The van der Waals surface area contributed by atoms with E-state index in [0.29, 0.717) is 15.6 Å². The van der Waals surface area contributed by atoms with Gasteiger partial charge in [0.15, 0.2) is 5.92 Å². The van der Waals surface area contributed by atoms with E-state index in [1.807, 2.05) is 48.5 Å². The van der Waals surface area contributed by atoms with Gasteiger partial charge in [-0.05, 0) is 46.4 Å². The van der Waals surface area contributed by atoms with Gasteiger partial charge >= 0.3 is 11.9 Å². The minimum atomic E-state index is -1.50. The highest BCUT2D eigenvalue weighted by molar-refractivity contribution is 6.42. The van der Waals surface area contributed by atoms with Crippen molar-refractivity contribution in [2.45, 2.75) is 18.4 Å². The number of halogens is 2. The monoisotopic (exact) mass is 469 g/mol. The molecular formula is C25H21Cl2NO4. The van der Waals surface area contributed by atoms with Crippen molar-refractivity contribution in [3.05, 3.63) is 93.5 Å². The number of aliphatic carboxylic acids is 1. The smallest absolute Gasteiger partial charge is 0.321 e. The summed E-state index contributed by atoms with van der Waals surface area (Å²) in [5.74, 6) is -3.84. The first kappa shape index (κ1) is 22.3. The predicted molar refractivity (Wildman–Crippen MR) is 124 cm³/mol. The average Bonchev–Trinajstić information content (AvgIpc) is 3.08. The predicted octanol–water partition coefficient (Wildman–Crippen LogP) is 4.92. The second kappa shape index (κ2) is 9.33. The maximum absolute atomic E-state index is 12.8. The second-order valence-corrected chi connectivity index (χ2v) is 8.60. The summed E-state index contributed by atoms with van der Waals surface area (Å²) >= 11 is 12.0. The first-order valence-electron chi connectivity index (χ1n) is 10.1. The third-order valence-electron chi connectivity index (χ3n) is 5.76. The van der Waals surface area contributed by atoms with Gasteiger partial charge < -0.3 is 15.6 Å². The summed E-state index contributed by atoms with van der Waals surface area (Å²) in [5, 5.41) is 10.4. The van der Waals surface area contributed by atoms with Crippen LogP contribution in [0.5, 0.6) is 0 Å². The number of ether oxygens (including phenoxy) is 1. The third-order valence-corrected chi connectivity index (χ3v) is 6.50. The Morgan fingerprint density at radius 1 is 0.938 bits per heavy atom. The Kier molecular flexibility index (Phi) is 6.51. The summed E-state index contributed by atoms with van der Waals surface area (Å²) in [6.07, 6.45) is 0.137. The Bertz CT molecular complexity index is 1130. The van der Waals surface area contributed by atoms with Crippen LogP contribution in [0.25, 0.3) is 11.1 Å². The molecule has 0 bridgehead atoms. The van der Waals surface area contributed by atoms with E-state index < -0.39 is 23.9 Å². The molecular weight excluding hydrogens is 449 g/mol. The molecule has 1 aliphatic carbocycles. The Morgan fingerprint density at radius 3 is 2.09 bits per heavy atom. The number of carbonyl (C=O) groups is 2. The molecule has 0 spiro atoms. The molecule has 32 heavy (non-hydrogen) atoms. The van der Waals surface area contributed by atoms with Gasteiger partial charge in [0.25, 0.3) is 0 Å². The van der Waals surface area contributed by atoms with Crippen molar-refractivity contribution in [1.82, 2.24) is 0 Å². The standard InChI is InChI=1S/C25H21Cl2NO4/c26-20-10-9-14(11-21(20)27)12-22(28)23(24(29)30)25(31)32-13-19-17-7-3-1-5-15(17)16-6-2-4-8-18(16)19/h1-11,19,22-23H,12-13,28H2,(H,29,30)/t22-,23+/m0/s1. The van der Waals surface area contributed by atoms with Gasteiger partial charge in [-0.3, -0.25) is 9.59 Å². The van der Waals surface area contributed by atoms with Crippen LogP contribution >= 0.6 is 23.2 Å². The fourth-order valence-electron chi connectivity index (χ4n) is 4.21. The molecule has 0 saturated carbocycles. The van der Waals surface area contributed by atoms with Crippen molar-refractivity contribution in [3.8, 4) is 11.1 Å². The molecule has 3 N–H and O–H groups in total. The van der Waals surface area contributed by atoms with Crippen LogP contribution in [0.4, 0.5) is 0 Å². The van der Waals surface area contributed by atoms with Crippen LogP contribution in [0.2, 0.25) is 10.0 Å². The Labute approximate surface area is 195 Å². The van der Waals surface area contributed by atoms with Crippen LogP contribution in [0.1, 0.15) is 22.6 Å². The third kappa shape index (κ3) is 4.37. The highest BCUT2D eigenvalue weighted by Gasteiger charge is 2.36. The van der Waals surface area contributed by atoms with Crippen LogP contribution in [-0.2, 0) is 20.7 Å². The number of hydrogen-bond donors (Lipinski definition) is 2. The number of esters is 1. The molecule has 0 radical (unpaired) electrons. The lowest BCUT2D eigenvalue weighted by molar-refractivity contribution is -0.159. The number of carbonyl (C=O) groups excluding carboxylic acids is 1. The molecule has 0 aliphatic heterocycles. The fraction of sp³-hybridized carbons (Fsp3) is 0.200. The van der Waals surface area contributed by atoms with E-state index in [2.05, 4.69) is 0 Å². The summed E-state index contributed by atoms with van der Waals surface area (Å²) in [5.41, 5.74) is 11.1. The van der Waals surface area contributed by atoms with Gasteiger partial charge in [0.05, 0.1) is 10.0 Å². The van der Waals surface area contributed by atoms with E-state index >= 15 is 0 Å². The molecule has 3 aromatic carbocycles. The molecule has 1 aliphatic rings. The zero-order valence-corrected chi connectivity index (χ0v) is 18.5. The van der Waals surface area contributed by atoms with Gasteiger partial charge in [0.1, 0.15) is 6.61 Å². The van der Waals surface area contributed by atoms with Gasteiger partial charge in [-0.25, -0.2) is 0 Å². The van der Waals surface area contributed by atoms with Crippen molar-refractivity contribution >= 4 is 35.1 Å². The highest BCUT2D eigenvalue weighted by atomic mass is 35.5. The van der Waals surface area contributed by atoms with Gasteiger partial charge in [-0.1, -0.05) is 77.8 Å². The fourth-order valence-corrected chi connectivity index (χ4v) is 4.53. The Morgan fingerprint density at radius 2 is 1.53 bits per heavy atom. The summed E-state index contributed by atoms with van der Waals surface area (Å²) < 4.78 is 5.52. The Hall–Kier alpha value is -2.86. The Balaban J connectivity index is 1.49. The topological polar surface area (TPSA) is 89.6 Å². The molecule has 0 aromatic heterocycles. The van der Waals surface area contributed by atoms with Crippen molar-refractivity contribution in [2.24, 2.45) is 11.7 Å². The number of fused-ring (bicyclic) bond motifs is 3. The maximum atomic E-state index is 12.8. The minimum absolute atomic E-state index is 0.0378. The largest absolute Gasteiger partial charge is 0.481 e. The van der Waals surface area contributed by atoms with Crippen LogP contribution in [-0.4, -0.2) is 29.7 Å². The normalized spacial score (nSPS) is 14.3. The zero-order chi connectivity index (χ0) is 22.8. The van der Waals surface area contributed by atoms with Gasteiger partial charge in [-0.2, -0.15) is 0 Å². The molecule has 0 unspecified atom stereocenters. The summed E-state index contributed by atoms with van der Waals surface area (Å²) in [7, 11) is 0. The second-order valence-electron chi connectivity index (χ2n) is 7.79. The van der Waals surface area contributed by atoms with Gasteiger partial charge in [-0.15, -0.1) is 0 Å². The number of hydrogen-bond acceptors (Lipinski definition) is 4. The van der Waals surface area contributed by atoms with E-state index in [4.69, 9.17) is 33.7 Å². The van der Waals surface area contributed by atoms with E-state index in [1.54, 1.807) is 18.2 Å². The quantitative estimate of drug-likeness (QED) is 0.378. The summed E-state index contributed by atoms with van der Waals surface area (Å²) in [6.45, 7) is 0.0378. The summed E-state index contributed by atoms with van der Waals surface area (Å²) in [6, 6.07) is 19.8. The van der Waals surface area contributed by atoms with E-state index in [-0.39, 0.29) is 18.9 Å². The van der Waals surface area contributed by atoms with Crippen LogP contribution in [0.15, 0.2) is 66.7 Å². The number of rotatable bonds is 7. The van der Waals surface area contributed by atoms with Gasteiger partial charge in [0, 0.05) is 12.0 Å². The van der Waals surface area contributed by atoms with E-state index in [0.717, 1.165) is 22.3 Å². The molecule has 7 heteroatoms.